The van der Waals surface area contributed by atoms with E-state index < -0.39 is 12.1 Å². The van der Waals surface area contributed by atoms with Gasteiger partial charge in [-0.2, -0.15) is 0 Å². The summed E-state index contributed by atoms with van der Waals surface area (Å²) in [5.74, 6) is -0.811. The lowest BCUT2D eigenvalue weighted by Crippen LogP contribution is -2.41. The fourth-order valence-electron chi connectivity index (χ4n) is 6.19. The molecule has 1 heterocycles. The van der Waals surface area contributed by atoms with Crippen LogP contribution in [0, 0.1) is 0 Å². The van der Waals surface area contributed by atoms with Crippen LogP contribution in [-0.2, 0) is 23.9 Å². The monoisotopic (exact) mass is 761 g/mol. The molecule has 0 N–H and O–H groups in total. The van der Waals surface area contributed by atoms with E-state index in [1.54, 1.807) is 4.90 Å². The molecule has 0 spiro atoms. The summed E-state index contributed by atoms with van der Waals surface area (Å²) in [6, 6.07) is -0.682. The lowest BCUT2D eigenvalue weighted by Gasteiger charge is -2.23. The molecule has 1 amide bonds. The SMILES string of the molecule is CCCCC/C=C\C/C=C\CCCCCCCCOC(=O)[C@@H]1C[C@@H](OC(=O)CBr)CN1C(=O)CCCCCCC/C=C\C/C=C\CCCCC. The molecule has 0 radical (unpaired) electrons. The van der Waals surface area contributed by atoms with Crippen LogP contribution in [0.15, 0.2) is 48.6 Å². The Labute approximate surface area is 315 Å². The van der Waals surface area contributed by atoms with Crippen LogP contribution >= 0.6 is 15.9 Å². The van der Waals surface area contributed by atoms with E-state index in [4.69, 9.17) is 9.47 Å². The van der Waals surface area contributed by atoms with Gasteiger partial charge in [-0.3, -0.25) is 9.59 Å². The van der Waals surface area contributed by atoms with Crippen LogP contribution in [0.3, 0.4) is 0 Å². The first-order valence-corrected chi connectivity index (χ1v) is 21.5. The largest absolute Gasteiger partial charge is 0.464 e. The highest BCUT2D eigenvalue weighted by Crippen LogP contribution is 2.24. The molecule has 7 heteroatoms. The predicted octanol–water partition coefficient (Wildman–Crippen LogP) is 12.1. The summed E-state index contributed by atoms with van der Waals surface area (Å²) >= 11 is 3.13. The van der Waals surface area contributed by atoms with Gasteiger partial charge in [0.05, 0.1) is 13.2 Å². The first kappa shape index (κ1) is 45.9. The quantitative estimate of drug-likeness (QED) is 0.0295. The van der Waals surface area contributed by atoms with Crippen LogP contribution in [0.2, 0.25) is 0 Å². The third kappa shape index (κ3) is 25.7. The fourth-order valence-corrected chi connectivity index (χ4v) is 6.32. The summed E-state index contributed by atoms with van der Waals surface area (Å²) in [6.07, 6.45) is 44.8. The minimum atomic E-state index is -0.682. The molecular formula is C43H72BrNO5. The van der Waals surface area contributed by atoms with Crippen molar-refractivity contribution >= 4 is 33.8 Å². The maximum absolute atomic E-state index is 13.2. The molecule has 0 bridgehead atoms. The number of carbonyl (C=O) groups excluding carboxylic acids is 3. The van der Waals surface area contributed by atoms with E-state index in [-0.39, 0.29) is 29.7 Å². The maximum atomic E-state index is 13.2. The van der Waals surface area contributed by atoms with Gasteiger partial charge in [-0.1, -0.05) is 149 Å². The van der Waals surface area contributed by atoms with Gasteiger partial charge in [0.15, 0.2) is 0 Å². The number of halogens is 1. The van der Waals surface area contributed by atoms with Crippen LogP contribution in [0.5, 0.6) is 0 Å². The molecule has 286 valence electrons. The molecule has 1 rings (SSSR count). The second kappa shape index (κ2) is 34.0. The number of unbranched alkanes of at least 4 members (excludes halogenated alkanes) is 17. The fraction of sp³-hybridized carbons (Fsp3) is 0.744. The van der Waals surface area contributed by atoms with Crippen molar-refractivity contribution in [3.05, 3.63) is 48.6 Å². The normalized spacial score (nSPS) is 16.5. The summed E-state index contributed by atoms with van der Waals surface area (Å²) in [5, 5.41) is 0.0894. The van der Waals surface area contributed by atoms with Crippen molar-refractivity contribution in [2.24, 2.45) is 0 Å². The van der Waals surface area contributed by atoms with Crippen molar-refractivity contribution in [2.75, 3.05) is 18.5 Å². The molecule has 1 saturated heterocycles. The van der Waals surface area contributed by atoms with E-state index in [2.05, 4.69) is 78.4 Å². The molecule has 2 atom stereocenters. The number of hydrogen-bond acceptors (Lipinski definition) is 5. The Morgan fingerprint density at radius 3 is 1.58 bits per heavy atom. The molecule has 1 aliphatic rings. The van der Waals surface area contributed by atoms with Gasteiger partial charge in [-0.15, -0.1) is 0 Å². The van der Waals surface area contributed by atoms with E-state index in [0.717, 1.165) is 70.6 Å². The van der Waals surface area contributed by atoms with Crippen LogP contribution in [-0.4, -0.2) is 53.4 Å². The zero-order valence-corrected chi connectivity index (χ0v) is 33.5. The van der Waals surface area contributed by atoms with Gasteiger partial charge in [-0.05, 0) is 77.0 Å². The van der Waals surface area contributed by atoms with Gasteiger partial charge in [0.1, 0.15) is 17.5 Å². The first-order valence-electron chi connectivity index (χ1n) is 20.3. The summed E-state index contributed by atoms with van der Waals surface area (Å²) in [6.45, 7) is 5.09. The average Bonchev–Trinajstić information content (AvgIpc) is 3.55. The number of likely N-dealkylation sites (tertiary alicyclic amines) is 1. The second-order valence-electron chi connectivity index (χ2n) is 13.8. The van der Waals surface area contributed by atoms with E-state index in [0.29, 0.717) is 19.4 Å². The van der Waals surface area contributed by atoms with Gasteiger partial charge in [0, 0.05) is 12.8 Å². The Balaban J connectivity index is 2.23. The highest BCUT2D eigenvalue weighted by Gasteiger charge is 2.41. The molecule has 0 aliphatic carbocycles. The third-order valence-electron chi connectivity index (χ3n) is 9.19. The summed E-state index contributed by atoms with van der Waals surface area (Å²) in [7, 11) is 0. The third-order valence-corrected chi connectivity index (χ3v) is 9.65. The Morgan fingerprint density at radius 2 is 1.08 bits per heavy atom. The molecule has 1 fully saturated rings. The highest BCUT2D eigenvalue weighted by atomic mass is 79.9. The highest BCUT2D eigenvalue weighted by molar-refractivity contribution is 9.09. The van der Waals surface area contributed by atoms with E-state index in [1.165, 1.54) is 77.0 Å². The molecule has 0 aromatic rings. The predicted molar refractivity (Wildman–Crippen MR) is 213 cm³/mol. The van der Waals surface area contributed by atoms with Crippen molar-refractivity contribution in [3.63, 3.8) is 0 Å². The molecule has 0 saturated carbocycles. The Morgan fingerprint density at radius 1 is 0.620 bits per heavy atom. The van der Waals surface area contributed by atoms with Crippen molar-refractivity contribution in [1.82, 2.24) is 4.90 Å². The Kier molecular flexibility index (Phi) is 31.2. The molecule has 0 aromatic heterocycles. The zero-order valence-electron chi connectivity index (χ0n) is 31.9. The van der Waals surface area contributed by atoms with Crippen LogP contribution in [0.4, 0.5) is 0 Å². The van der Waals surface area contributed by atoms with Crippen molar-refractivity contribution < 1.29 is 23.9 Å². The number of rotatable bonds is 32. The summed E-state index contributed by atoms with van der Waals surface area (Å²) < 4.78 is 11.1. The zero-order chi connectivity index (χ0) is 36.3. The summed E-state index contributed by atoms with van der Waals surface area (Å²) in [5.41, 5.74) is 0. The maximum Gasteiger partial charge on any atom is 0.329 e. The second-order valence-corrected chi connectivity index (χ2v) is 14.3. The van der Waals surface area contributed by atoms with Crippen LogP contribution < -0.4 is 0 Å². The molecule has 50 heavy (non-hydrogen) atoms. The smallest absolute Gasteiger partial charge is 0.329 e. The lowest BCUT2D eigenvalue weighted by molar-refractivity contribution is -0.153. The van der Waals surface area contributed by atoms with Gasteiger partial charge >= 0.3 is 11.9 Å². The van der Waals surface area contributed by atoms with E-state index in [1.807, 2.05) is 0 Å². The molecule has 1 aliphatic heterocycles. The number of hydrogen-bond donors (Lipinski definition) is 0. The Hall–Kier alpha value is -2.15. The van der Waals surface area contributed by atoms with E-state index >= 15 is 0 Å². The lowest BCUT2D eigenvalue weighted by atomic mass is 10.1. The minimum Gasteiger partial charge on any atom is -0.464 e. The van der Waals surface area contributed by atoms with Crippen molar-refractivity contribution in [1.29, 1.82) is 0 Å². The number of allylic oxidation sites excluding steroid dienone is 8. The number of amides is 1. The number of alkyl halides is 1. The molecular weight excluding hydrogens is 690 g/mol. The number of ether oxygens (including phenoxy) is 2. The van der Waals surface area contributed by atoms with Crippen LogP contribution in [0.25, 0.3) is 0 Å². The van der Waals surface area contributed by atoms with E-state index in [9.17, 15) is 14.4 Å². The molecule has 0 unspecified atom stereocenters. The van der Waals surface area contributed by atoms with Gasteiger partial charge in [-0.25, -0.2) is 4.79 Å². The Bertz CT molecular complexity index is 974. The number of esters is 2. The minimum absolute atomic E-state index is 0.0521. The van der Waals surface area contributed by atoms with Crippen molar-refractivity contribution in [2.45, 2.75) is 187 Å². The topological polar surface area (TPSA) is 72.9 Å². The summed E-state index contributed by atoms with van der Waals surface area (Å²) in [4.78, 5) is 39.7. The first-order chi connectivity index (χ1) is 24.5. The van der Waals surface area contributed by atoms with Crippen LogP contribution in [0.1, 0.15) is 174 Å². The van der Waals surface area contributed by atoms with Gasteiger partial charge in [0.25, 0.3) is 0 Å². The number of nitrogens with zero attached hydrogens (tertiary/aromatic N) is 1. The standard InChI is InChI=1S/C43H72BrNO5/c1-3-5-7-9-11-13-15-17-19-21-23-25-27-29-31-33-35-49-43(48)40-36-39(50-42(47)37-44)38-45(40)41(46)34-32-30-28-26-24-22-20-18-16-14-12-10-8-6-4-2/h11-14,17-20,39-40H,3-10,15-16,21-38H2,1-2H3/b13-11-,14-12-,19-17-,20-18-/t39-,40+/m1/s1. The van der Waals surface area contributed by atoms with Gasteiger partial charge < -0.3 is 14.4 Å². The molecule has 0 aromatic carbocycles. The van der Waals surface area contributed by atoms with Gasteiger partial charge in [0.2, 0.25) is 5.91 Å². The molecule has 6 nitrogen and oxygen atoms in total. The van der Waals surface area contributed by atoms with Crippen molar-refractivity contribution in [3.8, 4) is 0 Å². The average molecular weight is 763 g/mol. The number of carbonyl (C=O) groups is 3.